The van der Waals surface area contributed by atoms with Crippen molar-refractivity contribution in [2.75, 3.05) is 24.5 Å². The van der Waals surface area contributed by atoms with Gasteiger partial charge in [-0.15, -0.1) is 0 Å². The van der Waals surface area contributed by atoms with E-state index in [4.69, 9.17) is 0 Å². The fourth-order valence-electron chi connectivity index (χ4n) is 3.25. The maximum absolute atomic E-state index is 11.3. The molecule has 0 aromatic carbocycles. The van der Waals surface area contributed by atoms with Crippen LogP contribution >= 0.6 is 0 Å². The highest BCUT2D eigenvalue weighted by molar-refractivity contribution is 5.93. The van der Waals surface area contributed by atoms with Crippen molar-refractivity contribution in [3.8, 4) is 0 Å². The van der Waals surface area contributed by atoms with E-state index in [1.54, 1.807) is 18.3 Å². The largest absolute Gasteiger partial charge is 0.478 e. The van der Waals surface area contributed by atoms with Crippen molar-refractivity contribution in [1.29, 1.82) is 0 Å². The van der Waals surface area contributed by atoms with Crippen LogP contribution in [0.4, 0.5) is 5.82 Å². The molecule has 3 rings (SSSR count). The number of carboxylic acid groups (broad SMARTS) is 1. The van der Waals surface area contributed by atoms with Gasteiger partial charge in [-0.3, -0.25) is 0 Å². The maximum Gasteiger partial charge on any atom is 0.339 e. The molecule has 1 aromatic rings. The highest BCUT2D eigenvalue weighted by Crippen LogP contribution is 2.28. The number of hydrogen-bond donors (Lipinski definition) is 2. The number of carboxylic acids is 1. The molecule has 102 valence electrons. The number of fused-ring (bicyclic) bond motifs is 1. The average Bonchev–Trinajstić information content (AvgIpc) is 2.46. The summed E-state index contributed by atoms with van der Waals surface area (Å²) < 4.78 is 0. The van der Waals surface area contributed by atoms with Gasteiger partial charge in [0.15, 0.2) is 0 Å². The predicted molar refractivity (Wildman–Crippen MR) is 72.5 cm³/mol. The lowest BCUT2D eigenvalue weighted by molar-refractivity contribution is 0.0697. The maximum atomic E-state index is 11.3. The normalized spacial score (nSPS) is 26.8. The number of pyridine rings is 1. The summed E-state index contributed by atoms with van der Waals surface area (Å²) in [6.45, 7) is 2.91. The molecule has 2 N–H and O–H groups in total. The molecular formula is C14H19N3O2. The van der Waals surface area contributed by atoms with E-state index < -0.39 is 5.97 Å². The Labute approximate surface area is 112 Å². The van der Waals surface area contributed by atoms with E-state index >= 15 is 0 Å². The number of piperidine rings is 2. The molecule has 0 saturated carbocycles. The Bertz CT molecular complexity index is 478. The Morgan fingerprint density at radius 1 is 1.47 bits per heavy atom. The number of nitrogens with zero attached hydrogens (tertiary/aromatic N) is 2. The summed E-state index contributed by atoms with van der Waals surface area (Å²) in [5, 5.41) is 12.8. The SMILES string of the molecule is O=C(O)c1cccnc1N1CC[C@@H]2NCCC[C@@H]2C1. The molecule has 19 heavy (non-hydrogen) atoms. The number of aromatic carboxylic acids is 1. The van der Waals surface area contributed by atoms with E-state index in [9.17, 15) is 9.90 Å². The van der Waals surface area contributed by atoms with Crippen LogP contribution in [0.15, 0.2) is 18.3 Å². The first-order valence-corrected chi connectivity index (χ1v) is 6.92. The molecule has 2 aliphatic rings. The van der Waals surface area contributed by atoms with Crippen molar-refractivity contribution < 1.29 is 9.90 Å². The second kappa shape index (κ2) is 5.17. The molecule has 2 aliphatic heterocycles. The summed E-state index contributed by atoms with van der Waals surface area (Å²) in [5.41, 5.74) is 0.310. The first kappa shape index (κ1) is 12.4. The van der Waals surface area contributed by atoms with Gasteiger partial charge in [-0.2, -0.15) is 0 Å². The summed E-state index contributed by atoms with van der Waals surface area (Å²) in [6.07, 6.45) is 5.18. The third kappa shape index (κ3) is 2.42. The molecule has 5 nitrogen and oxygen atoms in total. The predicted octanol–water partition coefficient (Wildman–Crippen LogP) is 1.36. The van der Waals surface area contributed by atoms with E-state index in [1.165, 1.54) is 12.8 Å². The topological polar surface area (TPSA) is 65.5 Å². The van der Waals surface area contributed by atoms with Crippen molar-refractivity contribution >= 4 is 11.8 Å². The first-order valence-electron chi connectivity index (χ1n) is 6.92. The first-order chi connectivity index (χ1) is 9.25. The monoisotopic (exact) mass is 261 g/mol. The van der Waals surface area contributed by atoms with Crippen LogP contribution in [0.5, 0.6) is 0 Å². The van der Waals surface area contributed by atoms with Crippen molar-refractivity contribution in [2.45, 2.75) is 25.3 Å². The van der Waals surface area contributed by atoms with Crippen LogP contribution in [0, 0.1) is 5.92 Å². The number of nitrogens with one attached hydrogen (secondary N) is 1. The summed E-state index contributed by atoms with van der Waals surface area (Å²) in [7, 11) is 0. The Morgan fingerprint density at radius 3 is 3.21 bits per heavy atom. The zero-order valence-corrected chi connectivity index (χ0v) is 10.9. The quantitative estimate of drug-likeness (QED) is 0.841. The van der Waals surface area contributed by atoms with Gasteiger partial charge in [0, 0.05) is 25.3 Å². The fraction of sp³-hybridized carbons (Fsp3) is 0.571. The third-order valence-corrected chi connectivity index (χ3v) is 4.21. The van der Waals surface area contributed by atoms with Crippen molar-refractivity contribution in [3.63, 3.8) is 0 Å². The molecule has 1 aromatic heterocycles. The van der Waals surface area contributed by atoms with Gasteiger partial charge in [-0.25, -0.2) is 9.78 Å². The second-order valence-electron chi connectivity index (χ2n) is 5.38. The Balaban J connectivity index is 1.81. The Kier molecular flexibility index (Phi) is 3.38. The minimum atomic E-state index is -0.896. The standard InChI is InChI=1S/C14H19N3O2/c18-14(19)11-4-2-7-16-13(11)17-8-5-12-10(9-17)3-1-6-15-12/h2,4,7,10,12,15H,1,3,5-6,8-9H2,(H,18,19)/t10-,12+/m1/s1. The van der Waals surface area contributed by atoms with Gasteiger partial charge in [0.05, 0.1) is 0 Å². The van der Waals surface area contributed by atoms with Gasteiger partial charge >= 0.3 is 5.97 Å². The molecule has 0 amide bonds. The molecule has 2 atom stereocenters. The summed E-state index contributed by atoms with van der Waals surface area (Å²) >= 11 is 0. The molecule has 0 bridgehead atoms. The smallest absolute Gasteiger partial charge is 0.339 e. The molecule has 0 aliphatic carbocycles. The van der Waals surface area contributed by atoms with Gasteiger partial charge in [0.1, 0.15) is 11.4 Å². The molecule has 0 spiro atoms. The molecule has 0 radical (unpaired) electrons. The number of aromatic nitrogens is 1. The third-order valence-electron chi connectivity index (χ3n) is 4.21. The lowest BCUT2D eigenvalue weighted by Crippen LogP contribution is -2.52. The van der Waals surface area contributed by atoms with E-state index in [1.807, 2.05) is 0 Å². The van der Waals surface area contributed by atoms with E-state index in [0.29, 0.717) is 23.3 Å². The van der Waals surface area contributed by atoms with Crippen LogP contribution in [0.3, 0.4) is 0 Å². The lowest BCUT2D eigenvalue weighted by Gasteiger charge is -2.42. The summed E-state index contributed by atoms with van der Waals surface area (Å²) in [6, 6.07) is 3.92. The molecule has 3 heterocycles. The molecular weight excluding hydrogens is 242 g/mol. The number of rotatable bonds is 2. The fourth-order valence-corrected chi connectivity index (χ4v) is 3.25. The van der Waals surface area contributed by atoms with Gasteiger partial charge in [-0.05, 0) is 43.9 Å². The number of carbonyl (C=O) groups is 1. The number of hydrogen-bond acceptors (Lipinski definition) is 4. The van der Waals surface area contributed by atoms with Crippen LogP contribution in [0.25, 0.3) is 0 Å². The van der Waals surface area contributed by atoms with E-state index in [-0.39, 0.29) is 0 Å². The highest BCUT2D eigenvalue weighted by atomic mass is 16.4. The summed E-state index contributed by atoms with van der Waals surface area (Å²) in [4.78, 5) is 17.7. The Morgan fingerprint density at radius 2 is 2.37 bits per heavy atom. The van der Waals surface area contributed by atoms with Gasteiger partial charge in [-0.1, -0.05) is 0 Å². The van der Waals surface area contributed by atoms with Gasteiger partial charge < -0.3 is 15.3 Å². The number of anilines is 1. The van der Waals surface area contributed by atoms with Gasteiger partial charge in [0.2, 0.25) is 0 Å². The minimum Gasteiger partial charge on any atom is -0.478 e. The zero-order valence-electron chi connectivity index (χ0n) is 10.9. The molecule has 2 saturated heterocycles. The van der Waals surface area contributed by atoms with E-state index in [2.05, 4.69) is 15.2 Å². The van der Waals surface area contributed by atoms with Crippen LogP contribution in [0.2, 0.25) is 0 Å². The molecule has 2 fully saturated rings. The minimum absolute atomic E-state index is 0.310. The van der Waals surface area contributed by atoms with Crippen LogP contribution in [-0.2, 0) is 0 Å². The van der Waals surface area contributed by atoms with Crippen molar-refractivity contribution in [1.82, 2.24) is 10.3 Å². The highest BCUT2D eigenvalue weighted by Gasteiger charge is 2.32. The van der Waals surface area contributed by atoms with Crippen molar-refractivity contribution in [3.05, 3.63) is 23.9 Å². The second-order valence-corrected chi connectivity index (χ2v) is 5.38. The summed E-state index contributed by atoms with van der Waals surface area (Å²) in [5.74, 6) is 0.345. The van der Waals surface area contributed by atoms with Crippen LogP contribution < -0.4 is 10.2 Å². The molecule has 5 heteroatoms. The van der Waals surface area contributed by atoms with Gasteiger partial charge in [0.25, 0.3) is 0 Å². The molecule has 0 unspecified atom stereocenters. The lowest BCUT2D eigenvalue weighted by atomic mass is 9.85. The Hall–Kier alpha value is -1.62. The van der Waals surface area contributed by atoms with Crippen molar-refractivity contribution in [2.24, 2.45) is 5.92 Å². The van der Waals surface area contributed by atoms with Crippen LogP contribution in [0.1, 0.15) is 29.6 Å². The van der Waals surface area contributed by atoms with Crippen LogP contribution in [-0.4, -0.2) is 41.7 Å². The van der Waals surface area contributed by atoms with E-state index in [0.717, 1.165) is 26.1 Å². The zero-order chi connectivity index (χ0) is 13.2. The average molecular weight is 261 g/mol.